The summed E-state index contributed by atoms with van der Waals surface area (Å²) in [6, 6.07) is 6.49. The van der Waals surface area contributed by atoms with E-state index >= 15 is 0 Å². The van der Waals surface area contributed by atoms with Crippen LogP contribution in [0.15, 0.2) is 54.3 Å². The van der Waals surface area contributed by atoms with Gasteiger partial charge in [0.25, 0.3) is 5.91 Å². The van der Waals surface area contributed by atoms with Gasteiger partial charge in [-0.05, 0) is 43.2 Å². The molecular formula is C22H20F2N6O3S2. The molecule has 0 radical (unpaired) electrons. The van der Waals surface area contributed by atoms with Gasteiger partial charge in [-0.3, -0.25) is 9.20 Å². The molecule has 13 heteroatoms. The number of benzene rings is 1. The summed E-state index contributed by atoms with van der Waals surface area (Å²) in [5.41, 5.74) is 1.36. The average molecular weight is 519 g/mol. The van der Waals surface area contributed by atoms with Crippen LogP contribution in [0.5, 0.6) is 0 Å². The van der Waals surface area contributed by atoms with Crippen molar-refractivity contribution in [1.82, 2.24) is 19.1 Å². The van der Waals surface area contributed by atoms with Gasteiger partial charge in [-0.1, -0.05) is 0 Å². The van der Waals surface area contributed by atoms with Crippen LogP contribution in [0.25, 0.3) is 5.65 Å². The van der Waals surface area contributed by atoms with Crippen molar-refractivity contribution in [2.24, 2.45) is 0 Å². The Morgan fingerprint density at radius 1 is 1.23 bits per heavy atom. The number of hydrogen-bond donors (Lipinski definition) is 1. The van der Waals surface area contributed by atoms with Gasteiger partial charge in [0.15, 0.2) is 5.13 Å². The van der Waals surface area contributed by atoms with Crippen LogP contribution in [0.3, 0.4) is 0 Å². The summed E-state index contributed by atoms with van der Waals surface area (Å²) >= 11 is 1.11. The number of carbonyl (C=O) groups is 1. The predicted octanol–water partition coefficient (Wildman–Crippen LogP) is 3.52. The highest BCUT2D eigenvalue weighted by Gasteiger charge is 2.30. The molecule has 1 aliphatic rings. The Kier molecular flexibility index (Phi) is 5.89. The first-order chi connectivity index (χ1) is 16.7. The molecule has 35 heavy (non-hydrogen) atoms. The third-order valence-electron chi connectivity index (χ3n) is 5.90. The number of rotatable bonds is 6. The molecule has 3 aromatic heterocycles. The molecule has 1 aromatic carbocycles. The Labute approximate surface area is 203 Å². The fraction of sp³-hybridized carbons (Fsp3) is 0.227. The zero-order valence-corrected chi connectivity index (χ0v) is 20.1. The molecule has 9 nitrogen and oxygen atoms in total. The topological polar surface area (TPSA) is 99.9 Å². The van der Waals surface area contributed by atoms with E-state index in [2.05, 4.69) is 9.97 Å². The number of carbonyl (C=O) groups excluding carboxylic acids is 1. The molecule has 4 aromatic rings. The minimum atomic E-state index is -4.20. The lowest BCUT2D eigenvalue weighted by atomic mass is 10.0. The standard InChI is InChI=1S/C22H20F2N6O3S2/c1-28(22-25-8-10-34-22)35(32,33)27-21(31)19-12-26-20-7-5-15(13-30(19)20)29-9-2-3-18(29)16-11-14(23)4-6-17(16)24/h4-8,10-13,18H,2-3,9H2,1H3,(H,27,31). The number of hydrogen-bond acceptors (Lipinski definition) is 7. The van der Waals surface area contributed by atoms with Gasteiger partial charge >= 0.3 is 10.2 Å². The van der Waals surface area contributed by atoms with Crippen molar-refractivity contribution in [3.8, 4) is 0 Å². The molecule has 0 spiro atoms. The first-order valence-electron chi connectivity index (χ1n) is 10.6. The molecule has 1 saturated heterocycles. The molecule has 1 unspecified atom stereocenters. The largest absolute Gasteiger partial charge is 0.363 e. The van der Waals surface area contributed by atoms with E-state index in [1.165, 1.54) is 29.9 Å². The number of pyridine rings is 1. The van der Waals surface area contributed by atoms with Crippen molar-refractivity contribution in [2.75, 3.05) is 22.8 Å². The number of imidazole rings is 1. The summed E-state index contributed by atoms with van der Waals surface area (Å²) in [5.74, 6) is -1.87. The van der Waals surface area contributed by atoms with Gasteiger partial charge in [-0.2, -0.15) is 8.42 Å². The highest BCUT2D eigenvalue weighted by atomic mass is 32.2. The second-order valence-corrected chi connectivity index (χ2v) is 10.6. The first-order valence-corrected chi connectivity index (χ1v) is 13.0. The van der Waals surface area contributed by atoms with Crippen LogP contribution in [-0.2, 0) is 10.2 Å². The van der Waals surface area contributed by atoms with E-state index in [4.69, 9.17) is 0 Å². The SMILES string of the molecule is CN(c1nccs1)S(=O)(=O)NC(=O)c1cnc2ccc(N3CCCC3c3cc(F)ccc3F)cn12. The minimum absolute atomic E-state index is 0.00523. The van der Waals surface area contributed by atoms with Gasteiger partial charge < -0.3 is 4.90 Å². The number of aromatic nitrogens is 3. The normalized spacial score (nSPS) is 16.1. The van der Waals surface area contributed by atoms with E-state index < -0.39 is 27.8 Å². The summed E-state index contributed by atoms with van der Waals surface area (Å²) in [6.45, 7) is 0.606. The molecule has 1 aliphatic heterocycles. The number of fused-ring (bicyclic) bond motifs is 1. The fourth-order valence-corrected chi connectivity index (χ4v) is 5.85. The van der Waals surface area contributed by atoms with Crippen molar-refractivity contribution >= 4 is 43.9 Å². The summed E-state index contributed by atoms with van der Waals surface area (Å²) in [4.78, 5) is 23.0. The molecule has 1 amide bonds. The molecular weight excluding hydrogens is 498 g/mol. The van der Waals surface area contributed by atoms with Gasteiger partial charge in [0, 0.05) is 36.9 Å². The van der Waals surface area contributed by atoms with E-state index in [1.807, 2.05) is 9.62 Å². The number of halogens is 2. The maximum atomic E-state index is 14.5. The second-order valence-electron chi connectivity index (χ2n) is 7.99. The average Bonchev–Trinajstić information content (AvgIpc) is 3.59. The van der Waals surface area contributed by atoms with Crippen LogP contribution in [0, 0.1) is 11.6 Å². The van der Waals surface area contributed by atoms with E-state index in [0.717, 1.165) is 34.2 Å². The van der Waals surface area contributed by atoms with Gasteiger partial charge in [-0.25, -0.2) is 27.8 Å². The Morgan fingerprint density at radius 2 is 2.06 bits per heavy atom. The molecule has 182 valence electrons. The molecule has 0 bridgehead atoms. The lowest BCUT2D eigenvalue weighted by Gasteiger charge is -2.27. The highest BCUT2D eigenvalue weighted by molar-refractivity contribution is 7.91. The lowest BCUT2D eigenvalue weighted by molar-refractivity contribution is 0.0975. The Balaban J connectivity index is 1.45. The lowest BCUT2D eigenvalue weighted by Crippen LogP contribution is -2.41. The van der Waals surface area contributed by atoms with Crippen LogP contribution >= 0.6 is 11.3 Å². The molecule has 0 saturated carbocycles. The number of nitrogens with zero attached hydrogens (tertiary/aromatic N) is 5. The van der Waals surface area contributed by atoms with Crippen LogP contribution in [0.1, 0.15) is 34.9 Å². The second kappa shape index (κ2) is 8.89. The number of anilines is 2. The maximum Gasteiger partial charge on any atom is 0.328 e. The molecule has 1 atom stereocenters. The van der Waals surface area contributed by atoms with Crippen molar-refractivity contribution < 1.29 is 22.0 Å². The van der Waals surface area contributed by atoms with E-state index in [-0.39, 0.29) is 22.4 Å². The fourth-order valence-electron chi connectivity index (χ4n) is 4.19. The summed E-state index contributed by atoms with van der Waals surface area (Å²) < 4.78 is 58.0. The third kappa shape index (κ3) is 4.32. The number of amides is 1. The van der Waals surface area contributed by atoms with Crippen molar-refractivity contribution in [3.63, 3.8) is 0 Å². The van der Waals surface area contributed by atoms with Gasteiger partial charge in [-0.15, -0.1) is 11.3 Å². The summed E-state index contributed by atoms with van der Waals surface area (Å²) in [6.07, 6.45) is 5.79. The van der Waals surface area contributed by atoms with Crippen LogP contribution in [0.2, 0.25) is 0 Å². The zero-order chi connectivity index (χ0) is 24.7. The number of thiazole rings is 1. The van der Waals surface area contributed by atoms with E-state index in [9.17, 15) is 22.0 Å². The Hall–Kier alpha value is -3.58. The van der Waals surface area contributed by atoms with Gasteiger partial charge in [0.2, 0.25) is 0 Å². The molecule has 0 aliphatic carbocycles. The molecule has 1 N–H and O–H groups in total. The molecule has 4 heterocycles. The number of nitrogens with one attached hydrogen (secondary N) is 1. The minimum Gasteiger partial charge on any atom is -0.363 e. The summed E-state index contributed by atoms with van der Waals surface area (Å²) in [7, 11) is -2.91. The van der Waals surface area contributed by atoms with Crippen LogP contribution in [-0.4, -0.2) is 42.3 Å². The Bertz CT molecular complexity index is 1510. The molecule has 1 fully saturated rings. The third-order valence-corrected chi connectivity index (χ3v) is 8.20. The van der Waals surface area contributed by atoms with Crippen LogP contribution < -0.4 is 13.9 Å². The zero-order valence-electron chi connectivity index (χ0n) is 18.4. The quantitative estimate of drug-likeness (QED) is 0.419. The monoisotopic (exact) mass is 518 g/mol. The van der Waals surface area contributed by atoms with Gasteiger partial charge in [0.1, 0.15) is 23.0 Å². The van der Waals surface area contributed by atoms with Crippen molar-refractivity contribution in [2.45, 2.75) is 18.9 Å². The van der Waals surface area contributed by atoms with E-state index in [1.54, 1.807) is 23.7 Å². The van der Waals surface area contributed by atoms with Crippen LogP contribution in [0.4, 0.5) is 19.6 Å². The smallest absolute Gasteiger partial charge is 0.328 e. The summed E-state index contributed by atoms with van der Waals surface area (Å²) in [5, 5.41) is 1.83. The maximum absolute atomic E-state index is 14.5. The molecule has 5 rings (SSSR count). The Morgan fingerprint density at radius 3 is 2.83 bits per heavy atom. The predicted molar refractivity (Wildman–Crippen MR) is 128 cm³/mol. The van der Waals surface area contributed by atoms with E-state index in [0.29, 0.717) is 24.3 Å². The van der Waals surface area contributed by atoms with Crippen molar-refractivity contribution in [1.29, 1.82) is 0 Å². The first kappa shape index (κ1) is 23.2. The van der Waals surface area contributed by atoms with Crippen molar-refractivity contribution in [3.05, 3.63) is 77.2 Å². The van der Waals surface area contributed by atoms with Gasteiger partial charge in [0.05, 0.1) is 17.9 Å². The highest BCUT2D eigenvalue weighted by Crippen LogP contribution is 2.37.